The van der Waals surface area contributed by atoms with E-state index in [1.54, 1.807) is 12.3 Å². The van der Waals surface area contributed by atoms with Gasteiger partial charge in [0.1, 0.15) is 0 Å². The monoisotopic (exact) mass is 271 g/mol. The van der Waals surface area contributed by atoms with Gasteiger partial charge in [-0.3, -0.25) is 4.79 Å². The zero-order valence-corrected chi connectivity index (χ0v) is 11.2. The molecule has 1 heterocycles. The summed E-state index contributed by atoms with van der Waals surface area (Å²) in [6.45, 7) is 4.78. The number of carboxylic acids is 1. The largest absolute Gasteiger partial charge is 0.476 e. The SMILES string of the molecule is CCCNC(=O)C(C)NCc1csc(C(=O)O)n1. The second-order valence-corrected chi connectivity index (χ2v) is 4.70. The Bertz CT molecular complexity index is 419. The molecule has 6 nitrogen and oxygen atoms in total. The molecule has 100 valence electrons. The second kappa shape index (κ2) is 7.07. The average molecular weight is 271 g/mol. The Labute approximate surface area is 109 Å². The summed E-state index contributed by atoms with van der Waals surface area (Å²) in [4.78, 5) is 26.1. The molecule has 0 saturated heterocycles. The van der Waals surface area contributed by atoms with Crippen LogP contribution < -0.4 is 10.6 Å². The molecule has 1 atom stereocenters. The van der Waals surface area contributed by atoms with Crippen LogP contribution in [0.25, 0.3) is 0 Å². The van der Waals surface area contributed by atoms with Gasteiger partial charge < -0.3 is 15.7 Å². The molecule has 1 rings (SSSR count). The molecule has 0 saturated carbocycles. The van der Waals surface area contributed by atoms with Gasteiger partial charge in [0.05, 0.1) is 11.7 Å². The lowest BCUT2D eigenvalue weighted by Gasteiger charge is -2.12. The standard InChI is InChI=1S/C11H17N3O3S/c1-3-4-12-9(15)7(2)13-5-8-6-18-10(14-8)11(16)17/h6-7,13H,3-5H2,1-2H3,(H,12,15)(H,16,17). The van der Waals surface area contributed by atoms with Gasteiger partial charge in [-0.15, -0.1) is 11.3 Å². The smallest absolute Gasteiger partial charge is 0.365 e. The molecule has 0 aliphatic heterocycles. The lowest BCUT2D eigenvalue weighted by Crippen LogP contribution is -2.42. The molecule has 1 aromatic rings. The summed E-state index contributed by atoms with van der Waals surface area (Å²) < 4.78 is 0. The molecule has 0 aliphatic carbocycles. The minimum atomic E-state index is -1.03. The van der Waals surface area contributed by atoms with Crippen LogP contribution >= 0.6 is 11.3 Å². The van der Waals surface area contributed by atoms with Crippen molar-refractivity contribution < 1.29 is 14.7 Å². The Kier molecular flexibility index (Phi) is 5.73. The molecule has 0 aromatic carbocycles. The van der Waals surface area contributed by atoms with Crippen LogP contribution in [0.5, 0.6) is 0 Å². The van der Waals surface area contributed by atoms with E-state index in [-0.39, 0.29) is 17.0 Å². The highest BCUT2D eigenvalue weighted by atomic mass is 32.1. The summed E-state index contributed by atoms with van der Waals surface area (Å²) in [7, 11) is 0. The van der Waals surface area contributed by atoms with Crippen LogP contribution in [0.15, 0.2) is 5.38 Å². The number of hydrogen-bond acceptors (Lipinski definition) is 5. The van der Waals surface area contributed by atoms with Crippen molar-refractivity contribution in [3.63, 3.8) is 0 Å². The highest BCUT2D eigenvalue weighted by Gasteiger charge is 2.13. The summed E-state index contributed by atoms with van der Waals surface area (Å²) >= 11 is 1.08. The maximum atomic E-state index is 11.6. The van der Waals surface area contributed by atoms with Gasteiger partial charge in [0.2, 0.25) is 10.9 Å². The number of nitrogens with one attached hydrogen (secondary N) is 2. The van der Waals surface area contributed by atoms with Gasteiger partial charge in [-0.05, 0) is 13.3 Å². The number of hydrogen-bond donors (Lipinski definition) is 3. The van der Waals surface area contributed by atoms with E-state index in [4.69, 9.17) is 5.11 Å². The molecule has 0 bridgehead atoms. The normalized spacial score (nSPS) is 12.1. The summed E-state index contributed by atoms with van der Waals surface area (Å²) in [5.41, 5.74) is 0.632. The third kappa shape index (κ3) is 4.42. The van der Waals surface area contributed by atoms with Crippen LogP contribution in [-0.4, -0.2) is 34.6 Å². The quantitative estimate of drug-likeness (QED) is 0.683. The first-order chi connectivity index (χ1) is 8.54. The Hall–Kier alpha value is -1.47. The predicted octanol–water partition coefficient (Wildman–Crippen LogP) is 0.846. The topological polar surface area (TPSA) is 91.3 Å². The number of aromatic nitrogens is 1. The lowest BCUT2D eigenvalue weighted by molar-refractivity contribution is -0.122. The van der Waals surface area contributed by atoms with Crippen molar-refractivity contribution >= 4 is 23.2 Å². The van der Waals surface area contributed by atoms with Gasteiger partial charge in [0.15, 0.2) is 0 Å². The van der Waals surface area contributed by atoms with E-state index in [1.165, 1.54) is 0 Å². The van der Waals surface area contributed by atoms with Crippen molar-refractivity contribution in [2.45, 2.75) is 32.9 Å². The Morgan fingerprint density at radius 3 is 2.83 bits per heavy atom. The number of aromatic carboxylic acids is 1. The molecule has 3 N–H and O–H groups in total. The Balaban J connectivity index is 2.39. The average Bonchev–Trinajstić information content (AvgIpc) is 2.81. The van der Waals surface area contributed by atoms with Crippen LogP contribution in [0.3, 0.4) is 0 Å². The van der Waals surface area contributed by atoms with Gasteiger partial charge in [0, 0.05) is 18.5 Å². The number of amides is 1. The van der Waals surface area contributed by atoms with Gasteiger partial charge in [0.25, 0.3) is 0 Å². The predicted molar refractivity (Wildman–Crippen MR) is 68.7 cm³/mol. The molecular weight excluding hydrogens is 254 g/mol. The number of thiazole rings is 1. The van der Waals surface area contributed by atoms with Crippen molar-refractivity contribution in [1.29, 1.82) is 0 Å². The number of rotatable bonds is 7. The molecule has 0 aliphatic rings. The van der Waals surface area contributed by atoms with E-state index >= 15 is 0 Å². The Morgan fingerprint density at radius 2 is 2.28 bits per heavy atom. The number of carbonyl (C=O) groups is 2. The lowest BCUT2D eigenvalue weighted by atomic mass is 10.3. The zero-order chi connectivity index (χ0) is 13.5. The van der Waals surface area contributed by atoms with Crippen molar-refractivity contribution in [3.8, 4) is 0 Å². The summed E-state index contributed by atoms with van der Waals surface area (Å²) in [6, 6.07) is -0.327. The Morgan fingerprint density at radius 1 is 1.56 bits per heavy atom. The molecule has 0 radical (unpaired) electrons. The molecule has 1 aromatic heterocycles. The summed E-state index contributed by atoms with van der Waals surface area (Å²) in [5, 5.41) is 16.2. The molecule has 1 amide bonds. The van der Waals surface area contributed by atoms with Crippen LogP contribution in [0.4, 0.5) is 0 Å². The van der Waals surface area contributed by atoms with Crippen LogP contribution in [0.2, 0.25) is 0 Å². The van der Waals surface area contributed by atoms with Crippen molar-refractivity contribution in [3.05, 3.63) is 16.1 Å². The molecule has 0 spiro atoms. The minimum Gasteiger partial charge on any atom is -0.476 e. The highest BCUT2D eigenvalue weighted by Crippen LogP contribution is 2.09. The van der Waals surface area contributed by atoms with Crippen molar-refractivity contribution in [2.75, 3.05) is 6.54 Å². The fourth-order valence-electron chi connectivity index (χ4n) is 1.24. The maximum absolute atomic E-state index is 11.6. The van der Waals surface area contributed by atoms with Crippen LogP contribution in [0, 0.1) is 0 Å². The minimum absolute atomic E-state index is 0.0643. The molecule has 1 unspecified atom stereocenters. The van der Waals surface area contributed by atoms with E-state index in [1.807, 2.05) is 6.92 Å². The van der Waals surface area contributed by atoms with E-state index in [0.717, 1.165) is 17.8 Å². The number of carbonyl (C=O) groups excluding carboxylic acids is 1. The third-order valence-electron chi connectivity index (χ3n) is 2.27. The van der Waals surface area contributed by atoms with E-state index < -0.39 is 5.97 Å². The zero-order valence-electron chi connectivity index (χ0n) is 10.4. The third-order valence-corrected chi connectivity index (χ3v) is 3.15. The van der Waals surface area contributed by atoms with Gasteiger partial charge in [-0.25, -0.2) is 9.78 Å². The fourth-order valence-corrected chi connectivity index (χ4v) is 1.89. The molecule has 0 fully saturated rings. The summed E-state index contributed by atoms with van der Waals surface area (Å²) in [5.74, 6) is -1.09. The first kappa shape index (κ1) is 14.6. The van der Waals surface area contributed by atoms with E-state index in [0.29, 0.717) is 18.8 Å². The summed E-state index contributed by atoms with van der Waals surface area (Å²) in [6.07, 6.45) is 0.895. The van der Waals surface area contributed by atoms with Crippen molar-refractivity contribution in [1.82, 2.24) is 15.6 Å². The van der Waals surface area contributed by atoms with Crippen LogP contribution in [0.1, 0.15) is 35.8 Å². The molecular formula is C11H17N3O3S. The van der Waals surface area contributed by atoms with Crippen molar-refractivity contribution in [2.24, 2.45) is 0 Å². The van der Waals surface area contributed by atoms with E-state index in [2.05, 4.69) is 15.6 Å². The fraction of sp³-hybridized carbons (Fsp3) is 0.545. The first-order valence-corrected chi connectivity index (χ1v) is 6.61. The van der Waals surface area contributed by atoms with Gasteiger partial charge in [-0.2, -0.15) is 0 Å². The highest BCUT2D eigenvalue weighted by molar-refractivity contribution is 7.11. The number of carboxylic acid groups (broad SMARTS) is 1. The molecule has 7 heteroatoms. The number of nitrogens with zero attached hydrogens (tertiary/aromatic N) is 1. The van der Waals surface area contributed by atoms with Crippen LogP contribution in [-0.2, 0) is 11.3 Å². The first-order valence-electron chi connectivity index (χ1n) is 5.73. The molecule has 18 heavy (non-hydrogen) atoms. The van der Waals surface area contributed by atoms with Gasteiger partial charge in [-0.1, -0.05) is 6.92 Å². The maximum Gasteiger partial charge on any atom is 0.365 e. The second-order valence-electron chi connectivity index (χ2n) is 3.84. The van der Waals surface area contributed by atoms with Gasteiger partial charge >= 0.3 is 5.97 Å². The van der Waals surface area contributed by atoms with E-state index in [9.17, 15) is 9.59 Å².